The minimum Gasteiger partial charge on any atom is -0.469 e. The molecule has 0 radical (unpaired) electrons. The molecule has 5 nitrogen and oxygen atoms in total. The highest BCUT2D eigenvalue weighted by Gasteiger charge is 2.19. The van der Waals surface area contributed by atoms with Crippen molar-refractivity contribution in [2.75, 3.05) is 0 Å². The van der Waals surface area contributed by atoms with Gasteiger partial charge < -0.3 is 4.42 Å². The second kappa shape index (κ2) is 4.51. The number of nitrogens with zero attached hydrogens (tertiary/aromatic N) is 2. The number of furan rings is 1. The molecule has 0 aliphatic heterocycles. The average Bonchev–Trinajstić information content (AvgIpc) is 2.90. The van der Waals surface area contributed by atoms with Crippen LogP contribution in [-0.4, -0.2) is 9.78 Å². The van der Waals surface area contributed by atoms with Crippen LogP contribution in [0.5, 0.6) is 0 Å². The molecule has 0 aromatic carbocycles. The van der Waals surface area contributed by atoms with Gasteiger partial charge in [-0.05, 0) is 26.0 Å². The second-order valence-electron chi connectivity index (χ2n) is 3.60. The number of nitrogens with two attached hydrogens (primary N) is 1. The zero-order chi connectivity index (χ0) is 11.5. The Kier molecular flexibility index (Phi) is 3.07. The van der Waals surface area contributed by atoms with Gasteiger partial charge in [-0.2, -0.15) is 5.10 Å². The minimum absolute atomic E-state index is 0.0822. The quantitative estimate of drug-likeness (QED) is 0.603. The van der Waals surface area contributed by atoms with Gasteiger partial charge in [0.05, 0.1) is 18.0 Å². The van der Waals surface area contributed by atoms with E-state index >= 15 is 0 Å². The van der Waals surface area contributed by atoms with Gasteiger partial charge in [0.25, 0.3) is 0 Å². The molecule has 0 spiro atoms. The third-order valence-corrected chi connectivity index (χ3v) is 2.72. The van der Waals surface area contributed by atoms with Crippen molar-refractivity contribution < 1.29 is 4.42 Å². The number of aromatic nitrogens is 2. The molecule has 2 aromatic heterocycles. The maximum absolute atomic E-state index is 5.61. The van der Waals surface area contributed by atoms with E-state index in [4.69, 9.17) is 10.3 Å². The summed E-state index contributed by atoms with van der Waals surface area (Å²) in [6.07, 6.45) is 3.44. The Bertz CT molecular complexity index is 460. The summed E-state index contributed by atoms with van der Waals surface area (Å²) in [5.41, 5.74) is 4.88. The van der Waals surface area contributed by atoms with Gasteiger partial charge in [0.15, 0.2) is 0 Å². The molecule has 5 heteroatoms. The van der Waals surface area contributed by atoms with Crippen molar-refractivity contribution in [1.82, 2.24) is 15.2 Å². The maximum atomic E-state index is 5.61. The fourth-order valence-corrected chi connectivity index (χ4v) is 1.88. The monoisotopic (exact) mass is 220 g/mol. The van der Waals surface area contributed by atoms with Gasteiger partial charge in [-0.15, -0.1) is 0 Å². The van der Waals surface area contributed by atoms with E-state index in [1.807, 2.05) is 30.7 Å². The van der Waals surface area contributed by atoms with Crippen molar-refractivity contribution >= 4 is 0 Å². The lowest BCUT2D eigenvalue weighted by molar-refractivity contribution is 0.506. The molecule has 2 rings (SSSR count). The third-order valence-electron chi connectivity index (χ3n) is 2.72. The van der Waals surface area contributed by atoms with Crippen LogP contribution >= 0.6 is 0 Å². The zero-order valence-electron chi connectivity index (χ0n) is 9.47. The number of nitrogens with one attached hydrogen (secondary N) is 1. The van der Waals surface area contributed by atoms with Crippen LogP contribution < -0.4 is 11.3 Å². The second-order valence-corrected chi connectivity index (χ2v) is 3.60. The smallest absolute Gasteiger partial charge is 0.105 e. The first-order valence-electron chi connectivity index (χ1n) is 5.29. The molecule has 0 aliphatic rings. The Balaban J connectivity index is 2.40. The Labute approximate surface area is 94.2 Å². The van der Waals surface area contributed by atoms with Crippen LogP contribution in [0, 0.1) is 6.92 Å². The number of hydrazine groups is 1. The predicted octanol–water partition coefficient (Wildman–Crippen LogP) is 1.36. The zero-order valence-corrected chi connectivity index (χ0v) is 9.47. The molecule has 3 N–H and O–H groups in total. The van der Waals surface area contributed by atoms with E-state index in [0.717, 1.165) is 23.6 Å². The van der Waals surface area contributed by atoms with Crippen molar-refractivity contribution in [2.24, 2.45) is 5.84 Å². The molecule has 86 valence electrons. The van der Waals surface area contributed by atoms with Crippen LogP contribution in [0.25, 0.3) is 0 Å². The highest BCUT2D eigenvalue weighted by Crippen LogP contribution is 2.24. The lowest BCUT2D eigenvalue weighted by atomic mass is 10.1. The first-order valence-corrected chi connectivity index (χ1v) is 5.29. The average molecular weight is 220 g/mol. The van der Waals surface area contributed by atoms with Crippen molar-refractivity contribution in [3.8, 4) is 0 Å². The number of rotatable bonds is 4. The summed E-state index contributed by atoms with van der Waals surface area (Å²) in [6.45, 7) is 4.79. The SMILES string of the molecule is CCn1nccc1C(NN)c1ccoc1C. The lowest BCUT2D eigenvalue weighted by Gasteiger charge is -2.16. The summed E-state index contributed by atoms with van der Waals surface area (Å²) < 4.78 is 7.21. The van der Waals surface area contributed by atoms with E-state index < -0.39 is 0 Å². The van der Waals surface area contributed by atoms with E-state index in [2.05, 4.69) is 10.5 Å². The number of hydrogen-bond donors (Lipinski definition) is 2. The highest BCUT2D eigenvalue weighted by atomic mass is 16.3. The highest BCUT2D eigenvalue weighted by molar-refractivity contribution is 5.28. The molecule has 2 aromatic rings. The molecule has 0 aliphatic carbocycles. The lowest BCUT2D eigenvalue weighted by Crippen LogP contribution is -2.30. The molecule has 0 saturated carbocycles. The first-order chi connectivity index (χ1) is 7.77. The normalized spacial score (nSPS) is 12.9. The molecular weight excluding hydrogens is 204 g/mol. The van der Waals surface area contributed by atoms with Crippen molar-refractivity contribution in [3.05, 3.63) is 41.6 Å². The molecule has 0 fully saturated rings. The van der Waals surface area contributed by atoms with Gasteiger partial charge >= 0.3 is 0 Å². The Hall–Kier alpha value is -1.59. The van der Waals surface area contributed by atoms with Crippen LogP contribution in [0.3, 0.4) is 0 Å². The van der Waals surface area contributed by atoms with Gasteiger partial charge in [0.2, 0.25) is 0 Å². The summed E-state index contributed by atoms with van der Waals surface area (Å²) in [7, 11) is 0. The van der Waals surface area contributed by atoms with Crippen LogP contribution in [0.1, 0.15) is 30.0 Å². The maximum Gasteiger partial charge on any atom is 0.105 e. The number of hydrogen-bond acceptors (Lipinski definition) is 4. The Morgan fingerprint density at radius 1 is 1.56 bits per heavy atom. The number of aryl methyl sites for hydroxylation is 2. The van der Waals surface area contributed by atoms with Gasteiger partial charge in [0.1, 0.15) is 5.76 Å². The minimum atomic E-state index is -0.0822. The van der Waals surface area contributed by atoms with Gasteiger partial charge in [-0.3, -0.25) is 10.5 Å². The van der Waals surface area contributed by atoms with Crippen molar-refractivity contribution in [1.29, 1.82) is 0 Å². The van der Waals surface area contributed by atoms with Crippen LogP contribution in [-0.2, 0) is 6.54 Å². The van der Waals surface area contributed by atoms with Crippen LogP contribution in [0.4, 0.5) is 0 Å². The van der Waals surface area contributed by atoms with E-state index in [1.165, 1.54) is 0 Å². The van der Waals surface area contributed by atoms with Crippen LogP contribution in [0.2, 0.25) is 0 Å². The van der Waals surface area contributed by atoms with E-state index in [0.29, 0.717) is 0 Å². The fourth-order valence-electron chi connectivity index (χ4n) is 1.88. The molecule has 0 saturated heterocycles. The van der Waals surface area contributed by atoms with Crippen LogP contribution in [0.15, 0.2) is 29.0 Å². The Morgan fingerprint density at radius 2 is 2.38 bits per heavy atom. The van der Waals surface area contributed by atoms with E-state index in [9.17, 15) is 0 Å². The standard InChI is InChI=1S/C11H16N4O/c1-3-15-10(4-6-13-15)11(14-12)9-5-7-16-8(9)2/h4-7,11,14H,3,12H2,1-2H3. The molecule has 1 atom stereocenters. The van der Waals surface area contributed by atoms with Gasteiger partial charge in [-0.25, -0.2) is 5.43 Å². The molecular formula is C11H16N4O. The van der Waals surface area contributed by atoms with Crippen molar-refractivity contribution in [2.45, 2.75) is 26.4 Å². The van der Waals surface area contributed by atoms with E-state index in [1.54, 1.807) is 12.5 Å². The molecule has 0 amide bonds. The molecule has 1 unspecified atom stereocenters. The summed E-state index contributed by atoms with van der Waals surface area (Å²) in [5, 5.41) is 4.23. The van der Waals surface area contributed by atoms with Gasteiger partial charge in [0, 0.05) is 18.3 Å². The fraction of sp³-hybridized carbons (Fsp3) is 0.364. The predicted molar refractivity (Wildman–Crippen MR) is 60.5 cm³/mol. The van der Waals surface area contributed by atoms with Gasteiger partial charge in [-0.1, -0.05) is 0 Å². The topological polar surface area (TPSA) is 69.0 Å². The summed E-state index contributed by atoms with van der Waals surface area (Å²) >= 11 is 0. The molecule has 16 heavy (non-hydrogen) atoms. The summed E-state index contributed by atoms with van der Waals surface area (Å²) in [4.78, 5) is 0. The van der Waals surface area contributed by atoms with Crippen molar-refractivity contribution in [3.63, 3.8) is 0 Å². The largest absolute Gasteiger partial charge is 0.469 e. The summed E-state index contributed by atoms with van der Waals surface area (Å²) in [5.74, 6) is 6.48. The Morgan fingerprint density at radius 3 is 2.94 bits per heavy atom. The molecule has 2 heterocycles. The third kappa shape index (κ3) is 1.75. The van der Waals surface area contributed by atoms with E-state index in [-0.39, 0.29) is 6.04 Å². The molecule has 0 bridgehead atoms. The summed E-state index contributed by atoms with van der Waals surface area (Å²) in [6, 6.07) is 3.80. The first kappa shape index (κ1) is 10.9.